The van der Waals surface area contributed by atoms with Gasteiger partial charge in [-0.15, -0.1) is 0 Å². The standard InChI is InChI=1S/C17H21N3O3S/c1-14-6-8-16(9-7-14)20(24(2,22)23)12-10-17(21)19-13-15-5-3-4-11-18-15/h3-9,11H,10,12-13H2,1-2H3,(H,19,21). The molecule has 1 N–H and O–H groups in total. The molecule has 0 unspecified atom stereocenters. The third-order valence-corrected chi connectivity index (χ3v) is 4.65. The predicted molar refractivity (Wildman–Crippen MR) is 94.1 cm³/mol. The normalized spacial score (nSPS) is 11.1. The molecule has 24 heavy (non-hydrogen) atoms. The van der Waals surface area contributed by atoms with Crippen molar-refractivity contribution in [2.45, 2.75) is 19.9 Å². The zero-order valence-electron chi connectivity index (χ0n) is 13.8. The minimum Gasteiger partial charge on any atom is -0.350 e. The summed E-state index contributed by atoms with van der Waals surface area (Å²) in [4.78, 5) is 16.1. The molecule has 0 saturated carbocycles. The number of carbonyl (C=O) groups excluding carboxylic acids is 1. The van der Waals surface area contributed by atoms with Crippen molar-refractivity contribution in [1.29, 1.82) is 0 Å². The molecule has 2 rings (SSSR count). The number of benzene rings is 1. The van der Waals surface area contributed by atoms with E-state index in [1.165, 1.54) is 4.31 Å². The second-order valence-electron chi connectivity index (χ2n) is 5.52. The predicted octanol–water partition coefficient (Wildman–Crippen LogP) is 1.86. The Bertz CT molecular complexity index is 774. The van der Waals surface area contributed by atoms with Crippen molar-refractivity contribution in [2.75, 3.05) is 17.1 Å². The number of amides is 1. The molecule has 128 valence electrons. The molecule has 0 aliphatic heterocycles. The average molecular weight is 347 g/mol. The van der Waals surface area contributed by atoms with Crippen molar-refractivity contribution in [3.8, 4) is 0 Å². The van der Waals surface area contributed by atoms with Gasteiger partial charge in [0.2, 0.25) is 15.9 Å². The second kappa shape index (κ2) is 7.92. The number of pyridine rings is 1. The largest absolute Gasteiger partial charge is 0.350 e. The number of aromatic nitrogens is 1. The summed E-state index contributed by atoms with van der Waals surface area (Å²) in [5.74, 6) is -0.221. The zero-order valence-corrected chi connectivity index (χ0v) is 14.6. The van der Waals surface area contributed by atoms with Crippen LogP contribution in [-0.4, -0.2) is 32.1 Å². The summed E-state index contributed by atoms with van der Waals surface area (Å²) < 4.78 is 25.2. The van der Waals surface area contributed by atoms with Crippen LogP contribution in [0.15, 0.2) is 48.7 Å². The maximum atomic E-state index is 12.0. The fourth-order valence-corrected chi connectivity index (χ4v) is 3.11. The van der Waals surface area contributed by atoms with E-state index in [0.29, 0.717) is 12.2 Å². The molecule has 2 aromatic rings. The Balaban J connectivity index is 1.95. The van der Waals surface area contributed by atoms with Crippen LogP contribution in [-0.2, 0) is 21.4 Å². The summed E-state index contributed by atoms with van der Waals surface area (Å²) >= 11 is 0. The smallest absolute Gasteiger partial charge is 0.232 e. The van der Waals surface area contributed by atoms with E-state index >= 15 is 0 Å². The van der Waals surface area contributed by atoms with E-state index in [4.69, 9.17) is 0 Å². The van der Waals surface area contributed by atoms with Crippen LogP contribution >= 0.6 is 0 Å². The molecule has 0 radical (unpaired) electrons. The van der Waals surface area contributed by atoms with Crippen LogP contribution in [0.4, 0.5) is 5.69 Å². The van der Waals surface area contributed by atoms with E-state index in [1.54, 1.807) is 24.4 Å². The summed E-state index contributed by atoms with van der Waals surface area (Å²) in [6.07, 6.45) is 2.87. The Labute approximate surface area is 142 Å². The SMILES string of the molecule is Cc1ccc(N(CCC(=O)NCc2ccccn2)S(C)(=O)=O)cc1. The maximum absolute atomic E-state index is 12.0. The van der Waals surface area contributed by atoms with Gasteiger partial charge in [0.1, 0.15) is 0 Å². The van der Waals surface area contributed by atoms with Crippen LogP contribution in [0, 0.1) is 6.92 Å². The van der Waals surface area contributed by atoms with E-state index in [2.05, 4.69) is 10.3 Å². The van der Waals surface area contributed by atoms with Gasteiger partial charge in [-0.05, 0) is 31.2 Å². The number of nitrogens with one attached hydrogen (secondary N) is 1. The number of aryl methyl sites for hydroxylation is 1. The van der Waals surface area contributed by atoms with E-state index in [0.717, 1.165) is 17.5 Å². The van der Waals surface area contributed by atoms with Crippen LogP contribution in [0.25, 0.3) is 0 Å². The first kappa shape index (κ1) is 17.9. The topological polar surface area (TPSA) is 79.4 Å². The van der Waals surface area contributed by atoms with Gasteiger partial charge in [-0.25, -0.2) is 8.42 Å². The Morgan fingerprint density at radius 1 is 1.17 bits per heavy atom. The van der Waals surface area contributed by atoms with E-state index in [9.17, 15) is 13.2 Å². The molecule has 7 heteroatoms. The number of rotatable bonds is 7. The van der Waals surface area contributed by atoms with Crippen LogP contribution in [0.2, 0.25) is 0 Å². The van der Waals surface area contributed by atoms with Crippen LogP contribution in [0.1, 0.15) is 17.7 Å². The molecular formula is C17H21N3O3S. The lowest BCUT2D eigenvalue weighted by Gasteiger charge is -2.22. The van der Waals surface area contributed by atoms with Crippen molar-refractivity contribution in [3.05, 3.63) is 59.9 Å². The fraction of sp³-hybridized carbons (Fsp3) is 0.294. The summed E-state index contributed by atoms with van der Waals surface area (Å²) in [6, 6.07) is 12.6. The Morgan fingerprint density at radius 2 is 1.88 bits per heavy atom. The lowest BCUT2D eigenvalue weighted by atomic mass is 10.2. The van der Waals surface area contributed by atoms with Crippen molar-refractivity contribution in [1.82, 2.24) is 10.3 Å². The second-order valence-corrected chi connectivity index (χ2v) is 7.43. The number of hydrogen-bond donors (Lipinski definition) is 1. The monoisotopic (exact) mass is 347 g/mol. The minimum atomic E-state index is -3.45. The molecule has 1 aromatic carbocycles. The lowest BCUT2D eigenvalue weighted by molar-refractivity contribution is -0.121. The lowest BCUT2D eigenvalue weighted by Crippen LogP contribution is -2.34. The molecule has 1 amide bonds. The highest BCUT2D eigenvalue weighted by molar-refractivity contribution is 7.92. The summed E-state index contributed by atoms with van der Waals surface area (Å²) in [6.45, 7) is 2.35. The van der Waals surface area contributed by atoms with E-state index in [-0.39, 0.29) is 18.9 Å². The number of anilines is 1. The van der Waals surface area contributed by atoms with Crippen molar-refractivity contribution >= 4 is 21.6 Å². The van der Waals surface area contributed by atoms with Crippen molar-refractivity contribution < 1.29 is 13.2 Å². The number of nitrogens with zero attached hydrogens (tertiary/aromatic N) is 2. The van der Waals surface area contributed by atoms with Crippen LogP contribution in [0.3, 0.4) is 0 Å². The first-order chi connectivity index (χ1) is 11.4. The number of sulfonamides is 1. The molecule has 0 saturated heterocycles. The highest BCUT2D eigenvalue weighted by atomic mass is 32.2. The fourth-order valence-electron chi connectivity index (χ4n) is 2.18. The van der Waals surface area contributed by atoms with Crippen LogP contribution < -0.4 is 9.62 Å². The van der Waals surface area contributed by atoms with Gasteiger partial charge < -0.3 is 5.32 Å². The third kappa shape index (κ3) is 5.34. The van der Waals surface area contributed by atoms with Gasteiger partial charge in [-0.1, -0.05) is 23.8 Å². The van der Waals surface area contributed by atoms with Gasteiger partial charge in [0, 0.05) is 19.2 Å². The molecule has 1 aromatic heterocycles. The molecule has 0 aliphatic rings. The Morgan fingerprint density at radius 3 is 2.46 bits per heavy atom. The molecule has 0 spiro atoms. The van der Waals surface area contributed by atoms with Crippen LogP contribution in [0.5, 0.6) is 0 Å². The summed E-state index contributed by atoms with van der Waals surface area (Å²) in [5, 5.41) is 2.74. The zero-order chi connectivity index (χ0) is 17.6. The highest BCUT2D eigenvalue weighted by Crippen LogP contribution is 2.18. The molecule has 0 atom stereocenters. The molecule has 0 aliphatic carbocycles. The van der Waals surface area contributed by atoms with Gasteiger partial charge in [0.05, 0.1) is 24.2 Å². The summed E-state index contributed by atoms with van der Waals surface area (Å²) in [5.41, 5.74) is 2.35. The molecule has 0 bridgehead atoms. The Hall–Kier alpha value is -2.41. The number of hydrogen-bond acceptors (Lipinski definition) is 4. The average Bonchev–Trinajstić information content (AvgIpc) is 2.54. The first-order valence-electron chi connectivity index (χ1n) is 7.57. The van der Waals surface area contributed by atoms with E-state index in [1.807, 2.05) is 31.2 Å². The van der Waals surface area contributed by atoms with Gasteiger partial charge in [0.25, 0.3) is 0 Å². The molecular weight excluding hydrogens is 326 g/mol. The van der Waals surface area contributed by atoms with Gasteiger partial charge in [-0.2, -0.15) is 0 Å². The molecule has 0 fully saturated rings. The van der Waals surface area contributed by atoms with Crippen molar-refractivity contribution in [3.63, 3.8) is 0 Å². The first-order valence-corrected chi connectivity index (χ1v) is 9.42. The molecule has 6 nitrogen and oxygen atoms in total. The minimum absolute atomic E-state index is 0.0772. The highest BCUT2D eigenvalue weighted by Gasteiger charge is 2.18. The van der Waals surface area contributed by atoms with Crippen molar-refractivity contribution in [2.24, 2.45) is 0 Å². The summed E-state index contributed by atoms with van der Waals surface area (Å²) in [7, 11) is -3.45. The van der Waals surface area contributed by atoms with E-state index < -0.39 is 10.0 Å². The van der Waals surface area contributed by atoms with Gasteiger partial charge in [-0.3, -0.25) is 14.1 Å². The van der Waals surface area contributed by atoms with Gasteiger partial charge >= 0.3 is 0 Å². The number of carbonyl (C=O) groups is 1. The maximum Gasteiger partial charge on any atom is 0.232 e. The van der Waals surface area contributed by atoms with Gasteiger partial charge in [0.15, 0.2) is 0 Å². The molecule has 1 heterocycles. The Kier molecular flexibility index (Phi) is 5.92. The third-order valence-electron chi connectivity index (χ3n) is 3.46. The quantitative estimate of drug-likeness (QED) is 0.829.